The summed E-state index contributed by atoms with van der Waals surface area (Å²) in [6.45, 7) is 4.48. The summed E-state index contributed by atoms with van der Waals surface area (Å²) in [6.07, 6.45) is 4.63. The molecule has 0 fully saturated rings. The summed E-state index contributed by atoms with van der Waals surface area (Å²) in [5.41, 5.74) is 1.05. The standard InChI is InChI=1S/C12H18BrNO/c1-3-12(4-2,9-15)7-11-6-5-10(13)8-14-11/h5-6,8,15H,3-4,7,9H2,1-2H3. The zero-order valence-electron chi connectivity index (χ0n) is 9.33. The van der Waals surface area contributed by atoms with Crippen LogP contribution in [0.5, 0.6) is 0 Å². The predicted molar refractivity (Wildman–Crippen MR) is 65.7 cm³/mol. The van der Waals surface area contributed by atoms with Crippen LogP contribution in [0.1, 0.15) is 32.4 Å². The predicted octanol–water partition coefficient (Wildman–Crippen LogP) is 3.19. The summed E-state index contributed by atoms with van der Waals surface area (Å²) in [7, 11) is 0. The van der Waals surface area contributed by atoms with Crippen molar-refractivity contribution in [3.05, 3.63) is 28.5 Å². The lowest BCUT2D eigenvalue weighted by molar-refractivity contribution is 0.114. The Kier molecular flexibility index (Phi) is 4.74. The average Bonchev–Trinajstić information content (AvgIpc) is 2.29. The van der Waals surface area contributed by atoms with Gasteiger partial charge in [-0.2, -0.15) is 0 Å². The van der Waals surface area contributed by atoms with Gasteiger partial charge in [-0.1, -0.05) is 13.8 Å². The molecule has 0 saturated carbocycles. The fourth-order valence-electron chi connectivity index (χ4n) is 1.67. The molecule has 84 valence electrons. The molecule has 0 amide bonds. The SMILES string of the molecule is CCC(CC)(CO)Cc1ccc(Br)cn1. The molecule has 1 aromatic heterocycles. The number of nitrogens with zero attached hydrogens (tertiary/aromatic N) is 1. The molecule has 0 radical (unpaired) electrons. The lowest BCUT2D eigenvalue weighted by Crippen LogP contribution is -2.26. The van der Waals surface area contributed by atoms with Gasteiger partial charge < -0.3 is 5.11 Å². The van der Waals surface area contributed by atoms with E-state index in [1.807, 2.05) is 18.3 Å². The topological polar surface area (TPSA) is 33.1 Å². The summed E-state index contributed by atoms with van der Waals surface area (Å²) >= 11 is 3.36. The van der Waals surface area contributed by atoms with E-state index in [-0.39, 0.29) is 12.0 Å². The van der Waals surface area contributed by atoms with E-state index in [0.29, 0.717) is 0 Å². The number of hydrogen-bond acceptors (Lipinski definition) is 2. The third-order valence-electron chi connectivity index (χ3n) is 3.18. The Morgan fingerprint density at radius 3 is 2.40 bits per heavy atom. The van der Waals surface area contributed by atoms with E-state index in [0.717, 1.165) is 29.4 Å². The highest BCUT2D eigenvalue weighted by atomic mass is 79.9. The molecule has 0 aliphatic carbocycles. The van der Waals surface area contributed by atoms with Gasteiger partial charge in [0.1, 0.15) is 0 Å². The molecular weight excluding hydrogens is 254 g/mol. The van der Waals surface area contributed by atoms with E-state index in [4.69, 9.17) is 0 Å². The first-order valence-corrected chi connectivity index (χ1v) is 6.16. The van der Waals surface area contributed by atoms with Crippen LogP contribution in [0.3, 0.4) is 0 Å². The molecule has 0 aromatic carbocycles. The Balaban J connectivity index is 2.78. The van der Waals surface area contributed by atoms with E-state index in [1.165, 1.54) is 0 Å². The van der Waals surface area contributed by atoms with E-state index < -0.39 is 0 Å². The first-order chi connectivity index (χ1) is 7.15. The molecule has 0 aliphatic rings. The molecule has 0 unspecified atom stereocenters. The third kappa shape index (κ3) is 3.28. The van der Waals surface area contributed by atoms with Crippen LogP contribution in [-0.4, -0.2) is 16.7 Å². The molecule has 1 rings (SSSR count). The Bertz CT molecular complexity index is 285. The van der Waals surface area contributed by atoms with Crippen molar-refractivity contribution in [1.82, 2.24) is 4.98 Å². The Labute approximate surface area is 99.9 Å². The zero-order valence-corrected chi connectivity index (χ0v) is 10.9. The van der Waals surface area contributed by atoms with Crippen LogP contribution < -0.4 is 0 Å². The number of aromatic nitrogens is 1. The van der Waals surface area contributed by atoms with Crippen molar-refractivity contribution in [2.75, 3.05) is 6.61 Å². The molecule has 1 heterocycles. The minimum absolute atomic E-state index is 0.000823. The number of pyridine rings is 1. The number of aliphatic hydroxyl groups is 1. The van der Waals surface area contributed by atoms with E-state index in [2.05, 4.69) is 34.8 Å². The molecule has 0 spiro atoms. The molecule has 3 heteroatoms. The molecular formula is C12H18BrNO. The van der Waals surface area contributed by atoms with Crippen molar-refractivity contribution in [2.45, 2.75) is 33.1 Å². The number of rotatable bonds is 5. The van der Waals surface area contributed by atoms with Crippen molar-refractivity contribution >= 4 is 15.9 Å². The average molecular weight is 272 g/mol. The Morgan fingerprint density at radius 1 is 1.33 bits per heavy atom. The van der Waals surface area contributed by atoms with Gasteiger partial charge in [-0.15, -0.1) is 0 Å². The van der Waals surface area contributed by atoms with Crippen molar-refractivity contribution in [2.24, 2.45) is 5.41 Å². The Hall–Kier alpha value is -0.410. The maximum atomic E-state index is 9.46. The van der Waals surface area contributed by atoms with Crippen molar-refractivity contribution in [3.63, 3.8) is 0 Å². The fourth-order valence-corrected chi connectivity index (χ4v) is 1.91. The molecule has 2 nitrogen and oxygen atoms in total. The summed E-state index contributed by atoms with van der Waals surface area (Å²) in [5, 5.41) is 9.46. The molecule has 1 N–H and O–H groups in total. The number of halogens is 1. The summed E-state index contributed by atoms with van der Waals surface area (Å²) in [4.78, 5) is 4.35. The van der Waals surface area contributed by atoms with Gasteiger partial charge in [-0.3, -0.25) is 4.98 Å². The van der Waals surface area contributed by atoms with Gasteiger partial charge >= 0.3 is 0 Å². The van der Waals surface area contributed by atoms with Crippen molar-refractivity contribution in [3.8, 4) is 0 Å². The first kappa shape index (κ1) is 12.7. The van der Waals surface area contributed by atoms with Gasteiger partial charge in [0.25, 0.3) is 0 Å². The summed E-state index contributed by atoms with van der Waals surface area (Å²) < 4.78 is 0.994. The van der Waals surface area contributed by atoms with Crippen LogP contribution in [-0.2, 0) is 6.42 Å². The maximum absolute atomic E-state index is 9.46. The Morgan fingerprint density at radius 2 is 2.00 bits per heavy atom. The second-order valence-electron chi connectivity index (χ2n) is 4.01. The van der Waals surface area contributed by atoms with Crippen LogP contribution in [0, 0.1) is 5.41 Å². The normalized spacial score (nSPS) is 11.7. The van der Waals surface area contributed by atoms with Gasteiger partial charge in [0.2, 0.25) is 0 Å². The minimum atomic E-state index is 0.000823. The van der Waals surface area contributed by atoms with Crippen molar-refractivity contribution in [1.29, 1.82) is 0 Å². The van der Waals surface area contributed by atoms with Crippen molar-refractivity contribution < 1.29 is 5.11 Å². The van der Waals surface area contributed by atoms with E-state index >= 15 is 0 Å². The quantitative estimate of drug-likeness (QED) is 0.893. The highest BCUT2D eigenvalue weighted by Gasteiger charge is 2.25. The highest BCUT2D eigenvalue weighted by Crippen LogP contribution is 2.29. The van der Waals surface area contributed by atoms with Gasteiger partial charge in [0.05, 0.1) is 0 Å². The van der Waals surface area contributed by atoms with Gasteiger partial charge in [-0.05, 0) is 52.7 Å². The fraction of sp³-hybridized carbons (Fsp3) is 0.583. The minimum Gasteiger partial charge on any atom is -0.396 e. The van der Waals surface area contributed by atoms with Gasteiger partial charge in [-0.25, -0.2) is 0 Å². The van der Waals surface area contributed by atoms with Crippen LogP contribution in [0.4, 0.5) is 0 Å². The van der Waals surface area contributed by atoms with Gasteiger partial charge in [0, 0.05) is 23.0 Å². The molecule has 15 heavy (non-hydrogen) atoms. The number of hydrogen-bond donors (Lipinski definition) is 1. The molecule has 0 atom stereocenters. The maximum Gasteiger partial charge on any atom is 0.0490 e. The third-order valence-corrected chi connectivity index (χ3v) is 3.65. The van der Waals surface area contributed by atoms with Crippen LogP contribution in [0.25, 0.3) is 0 Å². The summed E-state index contributed by atoms with van der Waals surface area (Å²) in [5.74, 6) is 0. The van der Waals surface area contributed by atoms with E-state index in [1.54, 1.807) is 0 Å². The van der Waals surface area contributed by atoms with Gasteiger partial charge in [0.15, 0.2) is 0 Å². The van der Waals surface area contributed by atoms with Crippen LogP contribution >= 0.6 is 15.9 Å². The molecule has 0 saturated heterocycles. The highest BCUT2D eigenvalue weighted by molar-refractivity contribution is 9.10. The molecule has 0 bridgehead atoms. The zero-order chi connectivity index (χ0) is 11.3. The lowest BCUT2D eigenvalue weighted by Gasteiger charge is -2.28. The summed E-state index contributed by atoms with van der Waals surface area (Å²) in [6, 6.07) is 4.01. The number of aliphatic hydroxyl groups excluding tert-OH is 1. The van der Waals surface area contributed by atoms with Crippen LogP contribution in [0.15, 0.2) is 22.8 Å². The second-order valence-corrected chi connectivity index (χ2v) is 4.93. The van der Waals surface area contributed by atoms with Crippen LogP contribution in [0.2, 0.25) is 0 Å². The monoisotopic (exact) mass is 271 g/mol. The lowest BCUT2D eigenvalue weighted by atomic mass is 9.79. The van der Waals surface area contributed by atoms with E-state index in [9.17, 15) is 5.11 Å². The molecule has 1 aromatic rings. The smallest absolute Gasteiger partial charge is 0.0490 e. The largest absolute Gasteiger partial charge is 0.396 e. The second kappa shape index (κ2) is 5.61. The first-order valence-electron chi connectivity index (χ1n) is 5.37. The molecule has 0 aliphatic heterocycles.